The first-order chi connectivity index (χ1) is 2.56. The summed E-state index contributed by atoms with van der Waals surface area (Å²) in [5.41, 5.74) is 0.292. The van der Waals surface area contributed by atoms with E-state index in [4.69, 9.17) is 0 Å². The molecule has 0 heterocycles. The second-order valence-electron chi connectivity index (χ2n) is 2.50. The van der Waals surface area contributed by atoms with Gasteiger partial charge in [-0.05, 0) is 27.8 Å². The Bertz CT molecular complexity index is 37.8. The van der Waals surface area contributed by atoms with Gasteiger partial charge in [0.25, 0.3) is 0 Å². The molecule has 0 saturated heterocycles. The average molecular weight is 95.1 g/mol. The van der Waals surface area contributed by atoms with Crippen molar-refractivity contribution in [2.24, 2.45) is 0 Å². The first-order valence-corrected chi connectivity index (χ1v) is 2.25. The van der Waals surface area contributed by atoms with E-state index in [0.717, 1.165) is 0 Å². The number of rotatable bonds is 0. The Morgan fingerprint density at radius 3 is 1.29 bits per heavy atom. The van der Waals surface area contributed by atoms with Gasteiger partial charge in [-0.1, -0.05) is 0 Å². The van der Waals surface area contributed by atoms with Gasteiger partial charge in [0, 0.05) is 5.54 Å². The summed E-state index contributed by atoms with van der Waals surface area (Å²) in [5, 5.41) is 3.10. The first kappa shape index (κ1) is 10.5. The van der Waals surface area contributed by atoms with Gasteiger partial charge in [-0.2, -0.15) is 0 Å². The zero-order chi connectivity index (χ0) is 5.21. The summed E-state index contributed by atoms with van der Waals surface area (Å²) in [7, 11) is 1.96. The fraction of sp³-hybridized carbons (Fsp3) is 1.00. The van der Waals surface area contributed by atoms with Crippen LogP contribution < -0.4 is 5.32 Å². The van der Waals surface area contributed by atoms with Crippen LogP contribution in [0.3, 0.4) is 0 Å². The molecule has 0 amide bonds. The molecule has 0 aliphatic heterocycles. The minimum absolute atomic E-state index is 0. The van der Waals surface area contributed by atoms with Crippen molar-refractivity contribution >= 4 is 18.9 Å². The van der Waals surface area contributed by atoms with Crippen molar-refractivity contribution in [1.82, 2.24) is 5.32 Å². The average Bonchev–Trinajstić information content (AvgIpc) is 1.35. The Labute approximate surface area is 58.0 Å². The van der Waals surface area contributed by atoms with Crippen molar-refractivity contribution < 1.29 is 0 Å². The second-order valence-corrected chi connectivity index (χ2v) is 2.50. The van der Waals surface area contributed by atoms with Gasteiger partial charge in [0.2, 0.25) is 0 Å². The van der Waals surface area contributed by atoms with Crippen LogP contribution in [0.4, 0.5) is 0 Å². The van der Waals surface area contributed by atoms with E-state index in [1.807, 2.05) is 7.05 Å². The molecule has 0 aromatic carbocycles. The van der Waals surface area contributed by atoms with E-state index in [0.29, 0.717) is 5.54 Å². The summed E-state index contributed by atoms with van der Waals surface area (Å²) in [6.07, 6.45) is 0. The number of hydrogen-bond acceptors (Lipinski definition) is 1. The van der Waals surface area contributed by atoms with Gasteiger partial charge in [-0.25, -0.2) is 0 Å². The molecule has 0 spiro atoms. The van der Waals surface area contributed by atoms with Crippen LogP contribution in [0.15, 0.2) is 0 Å². The summed E-state index contributed by atoms with van der Waals surface area (Å²) in [6, 6.07) is 0. The summed E-state index contributed by atoms with van der Waals surface area (Å²) < 4.78 is 0. The van der Waals surface area contributed by atoms with E-state index in [1.54, 1.807) is 0 Å². The Balaban J connectivity index is 0. The van der Waals surface area contributed by atoms with E-state index >= 15 is 0 Å². The molecule has 0 atom stereocenters. The number of hydrogen-bond donors (Lipinski definition) is 1. The van der Waals surface area contributed by atoms with Gasteiger partial charge in [0.05, 0.1) is 0 Å². The molecule has 40 valence electrons. The molecule has 7 heavy (non-hydrogen) atoms. The van der Waals surface area contributed by atoms with E-state index < -0.39 is 0 Å². The molecule has 1 nitrogen and oxygen atoms in total. The number of nitrogens with one attached hydrogen (secondary N) is 1. The molecule has 0 aromatic heterocycles. The van der Waals surface area contributed by atoms with Gasteiger partial charge in [-0.3, -0.25) is 0 Å². The van der Waals surface area contributed by atoms with E-state index in [1.165, 1.54) is 0 Å². The van der Waals surface area contributed by atoms with Crippen LogP contribution in [-0.2, 0) is 0 Å². The van der Waals surface area contributed by atoms with Crippen molar-refractivity contribution in [2.75, 3.05) is 7.05 Å². The third-order valence-corrected chi connectivity index (χ3v) is 0.750. The van der Waals surface area contributed by atoms with E-state index in [9.17, 15) is 0 Å². The Hall–Kier alpha value is 0.557. The first-order valence-electron chi connectivity index (χ1n) is 2.25. The maximum absolute atomic E-state index is 3.10. The van der Waals surface area contributed by atoms with Gasteiger partial charge in [0.15, 0.2) is 0 Å². The molecule has 0 radical (unpaired) electrons. The molecule has 0 fully saturated rings. The molecule has 0 rings (SSSR count). The molecular formula is C5H14LiN. The third-order valence-electron chi connectivity index (χ3n) is 0.750. The van der Waals surface area contributed by atoms with Gasteiger partial charge < -0.3 is 5.32 Å². The zero-order valence-electron chi connectivity index (χ0n) is 5.00. The molecule has 0 aliphatic carbocycles. The Morgan fingerprint density at radius 1 is 1.14 bits per heavy atom. The Morgan fingerprint density at radius 2 is 1.29 bits per heavy atom. The predicted molar refractivity (Wildman–Crippen MR) is 36.0 cm³/mol. The van der Waals surface area contributed by atoms with Crippen molar-refractivity contribution in [3.8, 4) is 0 Å². The van der Waals surface area contributed by atoms with Crippen LogP contribution in [0, 0.1) is 0 Å². The predicted octanol–water partition coefficient (Wildman–Crippen LogP) is 0.356. The van der Waals surface area contributed by atoms with Crippen molar-refractivity contribution in [3.63, 3.8) is 0 Å². The summed E-state index contributed by atoms with van der Waals surface area (Å²) >= 11 is 0. The van der Waals surface area contributed by atoms with Crippen LogP contribution in [0.1, 0.15) is 20.8 Å². The molecule has 0 saturated carbocycles. The van der Waals surface area contributed by atoms with Crippen molar-refractivity contribution in [2.45, 2.75) is 26.3 Å². The van der Waals surface area contributed by atoms with Crippen molar-refractivity contribution in [1.29, 1.82) is 0 Å². The standard InChI is InChI=1S/C5H13N.Li.H/c1-5(2,3)6-4;;/h6H,1-4H3;;. The Kier molecular flexibility index (Phi) is 5.33. The summed E-state index contributed by atoms with van der Waals surface area (Å²) in [6.45, 7) is 6.40. The molecule has 1 N–H and O–H groups in total. The molecular weight excluding hydrogens is 81.0 g/mol. The summed E-state index contributed by atoms with van der Waals surface area (Å²) in [5.74, 6) is 0. The van der Waals surface area contributed by atoms with Crippen LogP contribution in [-0.4, -0.2) is 31.4 Å². The molecule has 2 heteroatoms. The van der Waals surface area contributed by atoms with Gasteiger partial charge in [0.1, 0.15) is 0 Å². The van der Waals surface area contributed by atoms with Crippen molar-refractivity contribution in [3.05, 3.63) is 0 Å². The molecule has 0 aromatic rings. The minimum atomic E-state index is 0. The fourth-order valence-electron chi connectivity index (χ4n) is 0. The van der Waals surface area contributed by atoms with Gasteiger partial charge >= 0.3 is 18.9 Å². The zero-order valence-corrected chi connectivity index (χ0v) is 5.00. The topological polar surface area (TPSA) is 12.0 Å². The van der Waals surface area contributed by atoms with E-state index in [2.05, 4.69) is 26.1 Å². The maximum atomic E-state index is 3.10. The molecule has 0 unspecified atom stereocenters. The van der Waals surface area contributed by atoms with Crippen LogP contribution in [0.25, 0.3) is 0 Å². The van der Waals surface area contributed by atoms with Crippen LogP contribution in [0.5, 0.6) is 0 Å². The van der Waals surface area contributed by atoms with Crippen LogP contribution >= 0.6 is 0 Å². The summed E-state index contributed by atoms with van der Waals surface area (Å²) in [4.78, 5) is 0. The van der Waals surface area contributed by atoms with Crippen LogP contribution in [0.2, 0.25) is 0 Å². The molecule has 0 aliphatic rings. The monoisotopic (exact) mass is 95.1 g/mol. The normalized spacial score (nSPS) is 10.3. The fourth-order valence-corrected chi connectivity index (χ4v) is 0. The molecule has 0 bridgehead atoms. The third kappa shape index (κ3) is 10.8. The quantitative estimate of drug-likeness (QED) is 0.428. The van der Waals surface area contributed by atoms with E-state index in [-0.39, 0.29) is 18.9 Å². The second kappa shape index (κ2) is 3.55. The SMILES string of the molecule is CNC(C)(C)C.[LiH]. The van der Waals surface area contributed by atoms with Gasteiger partial charge in [-0.15, -0.1) is 0 Å².